The normalized spacial score (nSPS) is 11.6. The van der Waals surface area contributed by atoms with Gasteiger partial charge in [-0.3, -0.25) is 0 Å². The van der Waals surface area contributed by atoms with Crippen molar-refractivity contribution in [1.29, 1.82) is 0 Å². The lowest BCUT2D eigenvalue weighted by molar-refractivity contribution is 0.669. The van der Waals surface area contributed by atoms with Crippen LogP contribution in [0.4, 0.5) is 0 Å². The van der Waals surface area contributed by atoms with Crippen LogP contribution in [0.2, 0.25) is 0 Å². The molecule has 4 heteroatoms. The van der Waals surface area contributed by atoms with Crippen molar-refractivity contribution in [3.63, 3.8) is 0 Å². The van der Waals surface area contributed by atoms with Gasteiger partial charge >= 0.3 is 0 Å². The molecule has 0 bridgehead atoms. The standard InChI is InChI=1S/C35H21N3O/c1-2-11-24-21-25(20-19-22(24)9-1)33-36-34(27-15-7-12-23-10-3-4-13-26(23)27)38-35(37-33)29-16-8-18-31-32(29)28-14-5-6-17-30(28)39-31/h1-21H. The van der Waals surface area contributed by atoms with Gasteiger partial charge in [0, 0.05) is 27.5 Å². The second kappa shape index (κ2) is 8.61. The van der Waals surface area contributed by atoms with Crippen LogP contribution in [0.25, 0.3) is 77.6 Å². The molecule has 39 heavy (non-hydrogen) atoms. The first-order valence-corrected chi connectivity index (χ1v) is 13.0. The molecule has 6 aromatic carbocycles. The predicted octanol–water partition coefficient (Wildman–Crippen LogP) is 9.08. The quantitative estimate of drug-likeness (QED) is 0.243. The van der Waals surface area contributed by atoms with E-state index < -0.39 is 0 Å². The van der Waals surface area contributed by atoms with E-state index in [9.17, 15) is 0 Å². The fourth-order valence-corrected chi connectivity index (χ4v) is 5.46. The molecule has 4 nitrogen and oxygen atoms in total. The van der Waals surface area contributed by atoms with Gasteiger partial charge < -0.3 is 4.42 Å². The van der Waals surface area contributed by atoms with E-state index in [1.54, 1.807) is 0 Å². The number of benzene rings is 6. The maximum Gasteiger partial charge on any atom is 0.164 e. The van der Waals surface area contributed by atoms with Crippen molar-refractivity contribution in [3.8, 4) is 34.2 Å². The Bertz CT molecular complexity index is 2190. The highest BCUT2D eigenvalue weighted by molar-refractivity contribution is 6.11. The molecule has 0 unspecified atom stereocenters. The molecule has 0 aliphatic carbocycles. The highest BCUT2D eigenvalue weighted by Gasteiger charge is 2.18. The van der Waals surface area contributed by atoms with Crippen molar-refractivity contribution >= 4 is 43.5 Å². The van der Waals surface area contributed by atoms with Crippen LogP contribution in [0.1, 0.15) is 0 Å². The topological polar surface area (TPSA) is 51.8 Å². The Balaban J connectivity index is 1.43. The van der Waals surface area contributed by atoms with Crippen LogP contribution in [0.15, 0.2) is 132 Å². The number of aromatic nitrogens is 3. The summed E-state index contributed by atoms with van der Waals surface area (Å²) in [6, 6.07) is 43.4. The number of rotatable bonds is 3. The number of nitrogens with zero attached hydrogens (tertiary/aromatic N) is 3. The Hall–Kier alpha value is -5.35. The van der Waals surface area contributed by atoms with Crippen molar-refractivity contribution in [2.45, 2.75) is 0 Å². The molecule has 182 valence electrons. The van der Waals surface area contributed by atoms with Crippen molar-refractivity contribution in [3.05, 3.63) is 127 Å². The average molecular weight is 500 g/mol. The van der Waals surface area contributed by atoms with Crippen LogP contribution >= 0.6 is 0 Å². The average Bonchev–Trinajstić information content (AvgIpc) is 3.39. The highest BCUT2D eigenvalue weighted by Crippen LogP contribution is 2.37. The summed E-state index contributed by atoms with van der Waals surface area (Å²) in [6.45, 7) is 0. The molecular formula is C35H21N3O. The SMILES string of the molecule is c1ccc2cc(-c3nc(-c4cccc5ccccc45)nc(-c4cccc5oc6ccccc6c45)n3)ccc2c1. The summed E-state index contributed by atoms with van der Waals surface area (Å²) in [4.78, 5) is 15.2. The number of para-hydroxylation sites is 1. The van der Waals surface area contributed by atoms with Gasteiger partial charge in [-0.25, -0.2) is 15.0 Å². The van der Waals surface area contributed by atoms with Gasteiger partial charge in [0.05, 0.1) is 0 Å². The van der Waals surface area contributed by atoms with Crippen LogP contribution in [0, 0.1) is 0 Å². The maximum absolute atomic E-state index is 6.18. The van der Waals surface area contributed by atoms with Crippen LogP contribution < -0.4 is 0 Å². The minimum Gasteiger partial charge on any atom is -0.456 e. The molecule has 0 aliphatic heterocycles. The number of hydrogen-bond acceptors (Lipinski definition) is 4. The van der Waals surface area contributed by atoms with E-state index >= 15 is 0 Å². The third-order valence-electron chi connectivity index (χ3n) is 7.32. The molecule has 0 fully saturated rings. The summed E-state index contributed by atoms with van der Waals surface area (Å²) in [7, 11) is 0. The van der Waals surface area contributed by atoms with Gasteiger partial charge in [-0.1, -0.05) is 109 Å². The number of furan rings is 1. The Morgan fingerprint density at radius 1 is 0.410 bits per heavy atom. The molecule has 8 aromatic rings. The van der Waals surface area contributed by atoms with Crippen molar-refractivity contribution in [2.24, 2.45) is 0 Å². The summed E-state index contributed by atoms with van der Waals surface area (Å²) in [6.07, 6.45) is 0. The lowest BCUT2D eigenvalue weighted by Gasteiger charge is -2.11. The van der Waals surface area contributed by atoms with Crippen LogP contribution in [0.3, 0.4) is 0 Å². The molecule has 2 heterocycles. The maximum atomic E-state index is 6.18. The van der Waals surface area contributed by atoms with E-state index in [1.165, 1.54) is 5.39 Å². The monoisotopic (exact) mass is 499 g/mol. The minimum absolute atomic E-state index is 0.619. The molecule has 0 N–H and O–H groups in total. The Morgan fingerprint density at radius 2 is 1.03 bits per heavy atom. The Labute approximate surface area is 224 Å². The van der Waals surface area contributed by atoms with E-state index in [-0.39, 0.29) is 0 Å². The number of hydrogen-bond donors (Lipinski definition) is 0. The summed E-state index contributed by atoms with van der Waals surface area (Å²) in [5, 5.41) is 6.63. The van der Waals surface area contributed by atoms with Gasteiger partial charge in [0.1, 0.15) is 11.2 Å². The summed E-state index contributed by atoms with van der Waals surface area (Å²) in [5.41, 5.74) is 4.50. The molecule has 8 rings (SSSR count). The van der Waals surface area contributed by atoms with E-state index in [2.05, 4.69) is 97.1 Å². The largest absolute Gasteiger partial charge is 0.456 e. The fourth-order valence-electron chi connectivity index (χ4n) is 5.46. The lowest BCUT2D eigenvalue weighted by Crippen LogP contribution is -2.01. The van der Waals surface area contributed by atoms with Crippen molar-refractivity contribution < 1.29 is 4.42 Å². The van der Waals surface area contributed by atoms with Crippen LogP contribution in [0.5, 0.6) is 0 Å². The summed E-state index contributed by atoms with van der Waals surface area (Å²) < 4.78 is 6.18. The molecule has 0 radical (unpaired) electrons. The zero-order valence-corrected chi connectivity index (χ0v) is 20.9. The number of fused-ring (bicyclic) bond motifs is 5. The van der Waals surface area contributed by atoms with Gasteiger partial charge in [-0.2, -0.15) is 0 Å². The Kier molecular flexibility index (Phi) is 4.79. The van der Waals surface area contributed by atoms with Crippen molar-refractivity contribution in [2.75, 3.05) is 0 Å². The molecule has 2 aromatic heterocycles. The molecule has 0 saturated heterocycles. The van der Waals surface area contributed by atoms with E-state index in [0.29, 0.717) is 17.5 Å². The second-order valence-corrected chi connectivity index (χ2v) is 9.67. The first-order valence-electron chi connectivity index (χ1n) is 13.0. The fraction of sp³-hybridized carbons (Fsp3) is 0. The summed E-state index contributed by atoms with van der Waals surface area (Å²) >= 11 is 0. The van der Waals surface area contributed by atoms with Gasteiger partial charge in [0.25, 0.3) is 0 Å². The zero-order chi connectivity index (χ0) is 25.8. The third kappa shape index (κ3) is 3.57. The zero-order valence-electron chi connectivity index (χ0n) is 20.9. The smallest absolute Gasteiger partial charge is 0.164 e. The Morgan fingerprint density at radius 3 is 1.92 bits per heavy atom. The molecule has 0 saturated carbocycles. The van der Waals surface area contributed by atoms with Crippen LogP contribution in [-0.4, -0.2) is 15.0 Å². The van der Waals surface area contributed by atoms with Gasteiger partial charge in [0.2, 0.25) is 0 Å². The minimum atomic E-state index is 0.619. The van der Waals surface area contributed by atoms with Crippen LogP contribution in [-0.2, 0) is 0 Å². The highest BCUT2D eigenvalue weighted by atomic mass is 16.3. The van der Waals surface area contributed by atoms with Crippen molar-refractivity contribution in [1.82, 2.24) is 15.0 Å². The first-order chi connectivity index (χ1) is 19.3. The van der Waals surface area contributed by atoms with E-state index in [4.69, 9.17) is 19.4 Å². The predicted molar refractivity (Wildman–Crippen MR) is 158 cm³/mol. The van der Waals surface area contributed by atoms with Gasteiger partial charge in [0.15, 0.2) is 17.5 Å². The molecular weight excluding hydrogens is 478 g/mol. The lowest BCUT2D eigenvalue weighted by atomic mass is 10.0. The molecule has 0 spiro atoms. The third-order valence-corrected chi connectivity index (χ3v) is 7.32. The molecule has 0 aliphatic rings. The molecule has 0 amide bonds. The first kappa shape index (κ1) is 21.7. The van der Waals surface area contributed by atoms with Gasteiger partial charge in [-0.15, -0.1) is 0 Å². The van der Waals surface area contributed by atoms with Gasteiger partial charge in [-0.05, 0) is 39.7 Å². The summed E-state index contributed by atoms with van der Waals surface area (Å²) in [5.74, 6) is 1.90. The van der Waals surface area contributed by atoms with E-state index in [0.717, 1.165) is 54.8 Å². The van der Waals surface area contributed by atoms with E-state index in [1.807, 2.05) is 30.3 Å². The second-order valence-electron chi connectivity index (χ2n) is 9.67. The molecule has 0 atom stereocenters.